The summed E-state index contributed by atoms with van der Waals surface area (Å²) in [5.74, 6) is 0.938. The number of thiophene rings is 1. The second-order valence-corrected chi connectivity index (χ2v) is 6.93. The van der Waals surface area contributed by atoms with Crippen LogP contribution in [0.25, 0.3) is 0 Å². The van der Waals surface area contributed by atoms with Crippen molar-refractivity contribution in [2.24, 2.45) is 5.92 Å². The zero-order valence-corrected chi connectivity index (χ0v) is 13.9. The van der Waals surface area contributed by atoms with E-state index in [-0.39, 0.29) is 11.8 Å². The van der Waals surface area contributed by atoms with Crippen LogP contribution in [0.1, 0.15) is 61.0 Å². The maximum Gasteiger partial charge on any atom is 0.261 e. The summed E-state index contributed by atoms with van der Waals surface area (Å²) in [5.41, 5.74) is 0. The van der Waals surface area contributed by atoms with Crippen molar-refractivity contribution in [3.8, 4) is 0 Å². The molecule has 0 spiro atoms. The maximum absolute atomic E-state index is 11.7. The molecule has 1 saturated carbocycles. The molecule has 5 heteroatoms. The molecule has 0 bridgehead atoms. The molecule has 0 atom stereocenters. The lowest BCUT2D eigenvalue weighted by Gasteiger charge is -2.09. The summed E-state index contributed by atoms with van der Waals surface area (Å²) in [6, 6.07) is 3.66. The second-order valence-electron chi connectivity index (χ2n) is 5.98. The van der Waals surface area contributed by atoms with Crippen LogP contribution >= 0.6 is 11.3 Å². The summed E-state index contributed by atoms with van der Waals surface area (Å²) in [7, 11) is 0. The highest BCUT2D eigenvalue weighted by atomic mass is 32.1. The average molecular weight is 322 g/mol. The standard InChI is InChI=1S/C17H26N2O2S/c20-16(18-11-3-8-14-6-1-2-7-14)10-4-12-19-17(21)15-9-5-13-22-15/h5,9,13-14H,1-4,6-8,10-12H2,(H,18,20)(H,19,21). The highest BCUT2D eigenvalue weighted by Crippen LogP contribution is 2.28. The van der Waals surface area contributed by atoms with E-state index in [0.29, 0.717) is 19.4 Å². The van der Waals surface area contributed by atoms with Crippen molar-refractivity contribution in [3.05, 3.63) is 22.4 Å². The van der Waals surface area contributed by atoms with E-state index >= 15 is 0 Å². The third-order valence-corrected chi connectivity index (χ3v) is 5.07. The number of amides is 2. The Morgan fingerprint density at radius 1 is 1.14 bits per heavy atom. The molecule has 1 heterocycles. The molecule has 1 aromatic rings. The van der Waals surface area contributed by atoms with Crippen molar-refractivity contribution < 1.29 is 9.59 Å². The predicted molar refractivity (Wildman–Crippen MR) is 90.1 cm³/mol. The van der Waals surface area contributed by atoms with Gasteiger partial charge >= 0.3 is 0 Å². The van der Waals surface area contributed by atoms with E-state index in [1.165, 1.54) is 43.4 Å². The first-order chi connectivity index (χ1) is 10.8. The smallest absolute Gasteiger partial charge is 0.261 e. The number of rotatable bonds is 9. The Bertz CT molecular complexity index is 453. The lowest BCUT2D eigenvalue weighted by molar-refractivity contribution is -0.121. The molecule has 4 nitrogen and oxygen atoms in total. The fraction of sp³-hybridized carbons (Fsp3) is 0.647. The number of carbonyl (C=O) groups excluding carboxylic acids is 2. The van der Waals surface area contributed by atoms with Crippen LogP contribution in [0.4, 0.5) is 0 Å². The van der Waals surface area contributed by atoms with Crippen LogP contribution in [0.15, 0.2) is 17.5 Å². The normalized spacial score (nSPS) is 14.9. The van der Waals surface area contributed by atoms with Gasteiger partial charge in [0.2, 0.25) is 5.91 Å². The lowest BCUT2D eigenvalue weighted by Crippen LogP contribution is -2.27. The van der Waals surface area contributed by atoms with Crippen molar-refractivity contribution in [2.75, 3.05) is 13.1 Å². The van der Waals surface area contributed by atoms with Gasteiger partial charge in [0.25, 0.3) is 5.91 Å². The zero-order valence-electron chi connectivity index (χ0n) is 13.1. The molecule has 0 saturated heterocycles. The van der Waals surface area contributed by atoms with E-state index in [9.17, 15) is 9.59 Å². The summed E-state index contributed by atoms with van der Waals surface area (Å²) in [6.07, 6.45) is 9.01. The SMILES string of the molecule is O=C(CCCNC(=O)c1cccs1)NCCCC1CCCC1. The van der Waals surface area contributed by atoms with Crippen LogP contribution in [-0.4, -0.2) is 24.9 Å². The van der Waals surface area contributed by atoms with Crippen molar-refractivity contribution in [1.29, 1.82) is 0 Å². The van der Waals surface area contributed by atoms with Crippen LogP contribution in [0.5, 0.6) is 0 Å². The summed E-state index contributed by atoms with van der Waals surface area (Å²) in [4.78, 5) is 24.1. The molecule has 0 aromatic carbocycles. The molecule has 1 fully saturated rings. The molecule has 2 rings (SSSR count). The first-order valence-corrected chi connectivity index (χ1v) is 9.22. The Morgan fingerprint density at radius 2 is 1.91 bits per heavy atom. The molecule has 1 aromatic heterocycles. The number of nitrogens with one attached hydrogen (secondary N) is 2. The van der Waals surface area contributed by atoms with Gasteiger partial charge in [-0.1, -0.05) is 31.7 Å². The summed E-state index contributed by atoms with van der Waals surface area (Å²) in [5, 5.41) is 7.69. The topological polar surface area (TPSA) is 58.2 Å². The predicted octanol–water partition coefficient (Wildman–Crippen LogP) is 3.34. The Labute approximate surface area is 136 Å². The van der Waals surface area contributed by atoms with E-state index in [0.717, 1.165) is 23.8 Å². The van der Waals surface area contributed by atoms with Crippen molar-refractivity contribution in [3.63, 3.8) is 0 Å². The van der Waals surface area contributed by atoms with Crippen LogP contribution < -0.4 is 10.6 Å². The van der Waals surface area contributed by atoms with E-state index in [2.05, 4.69) is 10.6 Å². The molecule has 0 aliphatic heterocycles. The maximum atomic E-state index is 11.7. The Balaban J connectivity index is 1.44. The largest absolute Gasteiger partial charge is 0.356 e. The van der Waals surface area contributed by atoms with Crippen LogP contribution in [-0.2, 0) is 4.79 Å². The van der Waals surface area contributed by atoms with Gasteiger partial charge < -0.3 is 10.6 Å². The third kappa shape index (κ3) is 6.18. The van der Waals surface area contributed by atoms with Crippen molar-refractivity contribution in [2.45, 2.75) is 51.4 Å². The molecule has 0 radical (unpaired) electrons. The molecule has 1 aliphatic carbocycles. The van der Waals surface area contributed by atoms with Crippen molar-refractivity contribution in [1.82, 2.24) is 10.6 Å². The first kappa shape index (κ1) is 17.0. The summed E-state index contributed by atoms with van der Waals surface area (Å²) in [6.45, 7) is 1.34. The second kappa shape index (κ2) is 9.62. The molecule has 2 amide bonds. The van der Waals surface area contributed by atoms with Gasteiger partial charge in [0.05, 0.1) is 4.88 Å². The van der Waals surface area contributed by atoms with Crippen LogP contribution in [0.3, 0.4) is 0 Å². The first-order valence-electron chi connectivity index (χ1n) is 8.34. The minimum Gasteiger partial charge on any atom is -0.356 e. The van der Waals surface area contributed by atoms with Gasteiger partial charge in [-0.3, -0.25) is 9.59 Å². The third-order valence-electron chi connectivity index (χ3n) is 4.20. The number of carbonyl (C=O) groups is 2. The van der Waals surface area contributed by atoms with Gasteiger partial charge in [-0.25, -0.2) is 0 Å². The van der Waals surface area contributed by atoms with Gasteiger partial charge in [0, 0.05) is 19.5 Å². The summed E-state index contributed by atoms with van der Waals surface area (Å²) >= 11 is 1.43. The average Bonchev–Trinajstić information content (AvgIpc) is 3.21. The summed E-state index contributed by atoms with van der Waals surface area (Å²) < 4.78 is 0. The van der Waals surface area contributed by atoms with Gasteiger partial charge in [0.15, 0.2) is 0 Å². The molecule has 2 N–H and O–H groups in total. The highest BCUT2D eigenvalue weighted by molar-refractivity contribution is 7.12. The minimum atomic E-state index is -0.0491. The Kier molecular flexibility index (Phi) is 7.43. The quantitative estimate of drug-likeness (QED) is 0.685. The number of hydrogen-bond donors (Lipinski definition) is 2. The Hall–Kier alpha value is -1.36. The van der Waals surface area contributed by atoms with Crippen molar-refractivity contribution >= 4 is 23.2 Å². The van der Waals surface area contributed by atoms with Gasteiger partial charge in [-0.2, -0.15) is 0 Å². The lowest BCUT2D eigenvalue weighted by atomic mass is 10.0. The van der Waals surface area contributed by atoms with E-state index in [4.69, 9.17) is 0 Å². The van der Waals surface area contributed by atoms with Gasteiger partial charge in [-0.05, 0) is 36.6 Å². The molecular weight excluding hydrogens is 296 g/mol. The monoisotopic (exact) mass is 322 g/mol. The van der Waals surface area contributed by atoms with E-state index < -0.39 is 0 Å². The molecule has 0 unspecified atom stereocenters. The zero-order chi connectivity index (χ0) is 15.6. The van der Waals surface area contributed by atoms with Crippen LogP contribution in [0.2, 0.25) is 0 Å². The number of hydrogen-bond acceptors (Lipinski definition) is 3. The highest BCUT2D eigenvalue weighted by Gasteiger charge is 2.14. The van der Waals surface area contributed by atoms with E-state index in [1.54, 1.807) is 6.07 Å². The van der Waals surface area contributed by atoms with Gasteiger partial charge in [0.1, 0.15) is 0 Å². The minimum absolute atomic E-state index is 0.0491. The Morgan fingerprint density at radius 3 is 2.64 bits per heavy atom. The van der Waals surface area contributed by atoms with Gasteiger partial charge in [-0.15, -0.1) is 11.3 Å². The fourth-order valence-electron chi connectivity index (χ4n) is 2.95. The molecule has 22 heavy (non-hydrogen) atoms. The van der Waals surface area contributed by atoms with Crippen LogP contribution in [0, 0.1) is 5.92 Å². The molecule has 1 aliphatic rings. The van der Waals surface area contributed by atoms with E-state index in [1.807, 2.05) is 11.4 Å². The molecule has 122 valence electrons. The molecular formula is C17H26N2O2S. The fourth-order valence-corrected chi connectivity index (χ4v) is 3.59.